The van der Waals surface area contributed by atoms with Crippen LogP contribution < -0.4 is 5.32 Å². The van der Waals surface area contributed by atoms with Crippen molar-refractivity contribution in [3.8, 4) is 0 Å². The molecule has 0 bridgehead atoms. The lowest BCUT2D eigenvalue weighted by molar-refractivity contribution is -0.137. The van der Waals surface area contributed by atoms with E-state index in [0.29, 0.717) is 11.3 Å². The van der Waals surface area contributed by atoms with Crippen LogP contribution in [0, 0.1) is 5.82 Å². The average Bonchev–Trinajstić information content (AvgIpc) is 2.67. The van der Waals surface area contributed by atoms with Gasteiger partial charge in [0.2, 0.25) is 0 Å². The summed E-state index contributed by atoms with van der Waals surface area (Å²) in [5.41, 5.74) is 0.536. The molecule has 0 aromatic heterocycles. The van der Waals surface area contributed by atoms with Gasteiger partial charge in [-0.3, -0.25) is 5.32 Å². The largest absolute Gasteiger partial charge is 0.479 e. The Balaban J connectivity index is 2.14. The normalized spacial score (nSPS) is 25.4. The number of hydrogen-bond donors (Lipinski definition) is 2. The zero-order valence-electron chi connectivity index (χ0n) is 7.81. The molecule has 1 aliphatic rings. The number of aliphatic carboxylic acids is 1. The van der Waals surface area contributed by atoms with Gasteiger partial charge in [-0.1, -0.05) is 18.2 Å². The Hall–Kier alpha value is -1.07. The van der Waals surface area contributed by atoms with Crippen LogP contribution in [0.15, 0.2) is 24.3 Å². The van der Waals surface area contributed by atoms with Crippen molar-refractivity contribution >= 4 is 17.7 Å². The second-order valence-corrected chi connectivity index (χ2v) is 4.43. The van der Waals surface area contributed by atoms with Crippen molar-refractivity contribution in [2.75, 3.05) is 5.75 Å². The quantitative estimate of drug-likeness (QED) is 0.806. The van der Waals surface area contributed by atoms with E-state index < -0.39 is 11.3 Å². The van der Waals surface area contributed by atoms with E-state index in [1.807, 2.05) is 0 Å². The molecule has 1 fully saturated rings. The summed E-state index contributed by atoms with van der Waals surface area (Å²) in [5, 5.41) is 11.0. The number of hydrogen-bond acceptors (Lipinski definition) is 3. The average molecular weight is 227 g/mol. The van der Waals surface area contributed by atoms with Crippen LogP contribution in [0.3, 0.4) is 0 Å². The van der Waals surface area contributed by atoms with Crippen LogP contribution in [0.25, 0.3) is 0 Å². The molecule has 1 aliphatic heterocycles. The first kappa shape index (κ1) is 10.4. The summed E-state index contributed by atoms with van der Waals surface area (Å²) in [6, 6.07) is 6.22. The topological polar surface area (TPSA) is 49.3 Å². The highest BCUT2D eigenvalue weighted by Crippen LogP contribution is 2.30. The second kappa shape index (κ2) is 4.20. The molecule has 0 amide bonds. The Morgan fingerprint density at radius 2 is 2.27 bits per heavy atom. The van der Waals surface area contributed by atoms with Gasteiger partial charge in [0, 0.05) is 17.4 Å². The Morgan fingerprint density at radius 3 is 2.87 bits per heavy atom. The maximum atomic E-state index is 13.4. The van der Waals surface area contributed by atoms with E-state index in [0.717, 1.165) is 0 Å². The minimum atomic E-state index is -0.904. The predicted octanol–water partition coefficient (Wildman–Crippen LogP) is 1.61. The van der Waals surface area contributed by atoms with Crippen molar-refractivity contribution < 1.29 is 14.3 Å². The van der Waals surface area contributed by atoms with Crippen molar-refractivity contribution in [1.82, 2.24) is 5.32 Å². The van der Waals surface area contributed by atoms with Crippen molar-refractivity contribution in [2.45, 2.75) is 11.4 Å². The molecule has 0 unspecified atom stereocenters. The third kappa shape index (κ3) is 2.13. The van der Waals surface area contributed by atoms with Gasteiger partial charge in [0.1, 0.15) is 5.82 Å². The SMILES string of the molecule is O=C(O)[C@H]1N[C@@H](c2ccccc2F)CS1. The highest BCUT2D eigenvalue weighted by Gasteiger charge is 2.31. The van der Waals surface area contributed by atoms with Crippen LogP contribution in [0.5, 0.6) is 0 Å². The highest BCUT2D eigenvalue weighted by atomic mass is 32.2. The molecular weight excluding hydrogens is 217 g/mol. The molecule has 5 heteroatoms. The number of nitrogens with one attached hydrogen (secondary N) is 1. The Bertz CT molecular complexity index is 385. The Kier molecular flexibility index (Phi) is 2.93. The van der Waals surface area contributed by atoms with Crippen LogP contribution in [-0.4, -0.2) is 22.2 Å². The molecular formula is C10H10FNO2S. The van der Waals surface area contributed by atoms with Crippen LogP contribution >= 0.6 is 11.8 Å². The van der Waals surface area contributed by atoms with Gasteiger partial charge in [-0.15, -0.1) is 11.8 Å². The van der Waals surface area contributed by atoms with Crippen LogP contribution in [-0.2, 0) is 4.79 Å². The first-order valence-corrected chi connectivity index (χ1v) is 5.58. The molecule has 1 heterocycles. The van der Waals surface area contributed by atoms with Gasteiger partial charge < -0.3 is 5.11 Å². The molecule has 15 heavy (non-hydrogen) atoms. The van der Waals surface area contributed by atoms with Crippen molar-refractivity contribution in [1.29, 1.82) is 0 Å². The highest BCUT2D eigenvalue weighted by molar-refractivity contribution is 8.00. The van der Waals surface area contributed by atoms with Gasteiger partial charge in [0.15, 0.2) is 5.37 Å². The van der Waals surface area contributed by atoms with E-state index >= 15 is 0 Å². The lowest BCUT2D eigenvalue weighted by Gasteiger charge is -2.11. The van der Waals surface area contributed by atoms with Gasteiger partial charge >= 0.3 is 5.97 Å². The van der Waals surface area contributed by atoms with Crippen LogP contribution in [0.4, 0.5) is 4.39 Å². The van der Waals surface area contributed by atoms with E-state index in [2.05, 4.69) is 5.32 Å². The molecule has 0 aliphatic carbocycles. The Labute approximate surface area is 90.7 Å². The maximum absolute atomic E-state index is 13.4. The van der Waals surface area contributed by atoms with Crippen LogP contribution in [0.2, 0.25) is 0 Å². The predicted molar refractivity (Wildman–Crippen MR) is 56.2 cm³/mol. The second-order valence-electron chi connectivity index (χ2n) is 3.29. The summed E-state index contributed by atoms with van der Waals surface area (Å²) in [5.74, 6) is -0.613. The van der Waals surface area contributed by atoms with Crippen molar-refractivity contribution in [3.63, 3.8) is 0 Å². The molecule has 2 N–H and O–H groups in total. The summed E-state index contributed by atoms with van der Waals surface area (Å²) in [7, 11) is 0. The van der Waals surface area contributed by atoms with Gasteiger partial charge in [0.25, 0.3) is 0 Å². The van der Waals surface area contributed by atoms with Crippen molar-refractivity contribution in [3.05, 3.63) is 35.6 Å². The van der Waals surface area contributed by atoms with E-state index in [4.69, 9.17) is 5.11 Å². The number of thioether (sulfide) groups is 1. The third-order valence-electron chi connectivity index (χ3n) is 2.29. The van der Waals surface area contributed by atoms with E-state index in [-0.39, 0.29) is 11.9 Å². The molecule has 1 aromatic carbocycles. The Morgan fingerprint density at radius 1 is 1.53 bits per heavy atom. The maximum Gasteiger partial charge on any atom is 0.331 e. The number of carboxylic acids is 1. The molecule has 3 nitrogen and oxygen atoms in total. The number of carbonyl (C=O) groups is 1. The van der Waals surface area contributed by atoms with E-state index in [1.165, 1.54) is 17.8 Å². The number of halogens is 1. The molecule has 0 spiro atoms. The van der Waals surface area contributed by atoms with Gasteiger partial charge in [-0.05, 0) is 6.07 Å². The van der Waals surface area contributed by atoms with Gasteiger partial charge in [-0.25, -0.2) is 9.18 Å². The summed E-state index contributed by atoms with van der Waals surface area (Å²) in [6.45, 7) is 0. The number of rotatable bonds is 2. The lowest BCUT2D eigenvalue weighted by Crippen LogP contribution is -2.30. The van der Waals surface area contributed by atoms with Crippen LogP contribution in [0.1, 0.15) is 11.6 Å². The number of benzene rings is 1. The molecule has 1 aromatic rings. The first-order chi connectivity index (χ1) is 7.18. The molecule has 2 atom stereocenters. The van der Waals surface area contributed by atoms with Crippen molar-refractivity contribution in [2.24, 2.45) is 0 Å². The standard InChI is InChI=1S/C10H10FNO2S/c11-7-4-2-1-3-6(7)8-5-15-9(12-8)10(13)14/h1-4,8-9,12H,5H2,(H,13,14)/t8-,9+/m1/s1. The fraction of sp³-hybridized carbons (Fsp3) is 0.300. The molecule has 2 rings (SSSR count). The molecule has 0 radical (unpaired) electrons. The smallest absolute Gasteiger partial charge is 0.331 e. The van der Waals surface area contributed by atoms with E-state index in [9.17, 15) is 9.18 Å². The first-order valence-electron chi connectivity index (χ1n) is 4.53. The van der Waals surface area contributed by atoms with Gasteiger partial charge in [0.05, 0.1) is 0 Å². The monoisotopic (exact) mass is 227 g/mol. The van der Waals surface area contributed by atoms with E-state index in [1.54, 1.807) is 18.2 Å². The molecule has 80 valence electrons. The zero-order valence-corrected chi connectivity index (χ0v) is 8.63. The summed E-state index contributed by atoms with van der Waals surface area (Å²) < 4.78 is 13.4. The minimum absolute atomic E-state index is 0.211. The minimum Gasteiger partial charge on any atom is -0.479 e. The third-order valence-corrected chi connectivity index (χ3v) is 3.48. The lowest BCUT2D eigenvalue weighted by atomic mass is 10.1. The number of carboxylic acid groups (broad SMARTS) is 1. The molecule has 0 saturated carbocycles. The molecule has 1 saturated heterocycles. The fourth-order valence-electron chi connectivity index (χ4n) is 1.55. The zero-order chi connectivity index (χ0) is 10.8. The summed E-state index contributed by atoms with van der Waals surface area (Å²) >= 11 is 1.28. The summed E-state index contributed by atoms with van der Waals surface area (Å²) in [4.78, 5) is 10.7. The summed E-state index contributed by atoms with van der Waals surface area (Å²) in [6.07, 6.45) is 0. The van der Waals surface area contributed by atoms with Gasteiger partial charge in [-0.2, -0.15) is 0 Å². The fourth-order valence-corrected chi connectivity index (χ4v) is 2.61.